The first-order valence-corrected chi connectivity index (χ1v) is 12.8. The Bertz CT molecular complexity index is 1150. The Hall–Kier alpha value is -3.62. The largest absolute Gasteiger partial charge is 0.444 e. The summed E-state index contributed by atoms with van der Waals surface area (Å²) in [5.74, 6) is -0.407. The Balaban J connectivity index is 1.55. The molecule has 0 radical (unpaired) electrons. The molecule has 2 aromatic rings. The number of amides is 3. The van der Waals surface area contributed by atoms with Gasteiger partial charge in [-0.15, -0.1) is 0 Å². The number of pyridine rings is 1. The molecule has 0 spiro atoms. The van der Waals surface area contributed by atoms with E-state index in [2.05, 4.69) is 16.0 Å². The first-order valence-electron chi connectivity index (χ1n) is 12.8. The fraction of sp³-hybridized carbons (Fsp3) is 0.500. The van der Waals surface area contributed by atoms with Gasteiger partial charge in [-0.25, -0.2) is 4.79 Å². The van der Waals surface area contributed by atoms with Gasteiger partial charge in [-0.3, -0.25) is 14.4 Å². The molecule has 1 heterocycles. The Morgan fingerprint density at radius 1 is 1.03 bits per heavy atom. The van der Waals surface area contributed by atoms with Gasteiger partial charge in [-0.1, -0.05) is 30.3 Å². The third kappa shape index (κ3) is 8.48. The molecule has 0 unspecified atom stereocenters. The van der Waals surface area contributed by atoms with E-state index in [9.17, 15) is 19.2 Å². The molecule has 1 aliphatic carbocycles. The molecule has 9 heteroatoms. The van der Waals surface area contributed by atoms with Gasteiger partial charge < -0.3 is 25.3 Å². The van der Waals surface area contributed by atoms with E-state index in [4.69, 9.17) is 4.74 Å². The van der Waals surface area contributed by atoms with E-state index in [1.807, 2.05) is 51.1 Å². The number of hydrogen-bond acceptors (Lipinski definition) is 5. The van der Waals surface area contributed by atoms with Crippen LogP contribution in [0.4, 0.5) is 4.79 Å². The van der Waals surface area contributed by atoms with Gasteiger partial charge in [0.15, 0.2) is 0 Å². The second kappa shape index (κ2) is 12.6. The highest BCUT2D eigenvalue weighted by atomic mass is 16.6. The maximum atomic E-state index is 12.9. The van der Waals surface area contributed by atoms with Crippen molar-refractivity contribution >= 4 is 17.9 Å². The van der Waals surface area contributed by atoms with Crippen LogP contribution in [0.25, 0.3) is 0 Å². The number of aromatic nitrogens is 1. The fourth-order valence-electron chi connectivity index (χ4n) is 4.52. The molecule has 0 saturated heterocycles. The Morgan fingerprint density at radius 3 is 2.32 bits per heavy atom. The standard InChI is InChI=1S/C28H38N4O5/c1-28(2,3)37-27(36)31-22-12-10-19(11-13-22)14-15-30-24(33)21-16-23(25(34)29-4)26(35)32(18-21)17-20-8-6-5-7-9-20/h5-9,16,18-19,22H,10-15,17H2,1-4H3,(H,29,34)(H,30,33)(H,31,36)/t19-,22-. The number of rotatable bonds is 8. The number of carbonyl (C=O) groups is 3. The molecule has 1 aliphatic rings. The van der Waals surface area contributed by atoms with Crippen LogP contribution < -0.4 is 21.5 Å². The number of hydrogen-bond donors (Lipinski definition) is 3. The van der Waals surface area contributed by atoms with Crippen LogP contribution in [0.5, 0.6) is 0 Å². The quantitative estimate of drug-likeness (QED) is 0.503. The van der Waals surface area contributed by atoms with Crippen molar-refractivity contribution in [2.24, 2.45) is 5.92 Å². The van der Waals surface area contributed by atoms with Crippen LogP contribution >= 0.6 is 0 Å². The van der Waals surface area contributed by atoms with E-state index in [-0.39, 0.29) is 35.7 Å². The summed E-state index contributed by atoms with van der Waals surface area (Å²) in [6, 6.07) is 10.9. The SMILES string of the molecule is CNC(=O)c1cc(C(=O)NCC[C@H]2CC[C@H](NC(=O)OC(C)(C)C)CC2)cn(Cc2ccccc2)c1=O. The Labute approximate surface area is 218 Å². The third-order valence-electron chi connectivity index (χ3n) is 6.42. The lowest BCUT2D eigenvalue weighted by Gasteiger charge is -2.30. The number of ether oxygens (including phenoxy) is 1. The first-order chi connectivity index (χ1) is 17.6. The Kier molecular flexibility index (Phi) is 9.49. The maximum absolute atomic E-state index is 12.9. The summed E-state index contributed by atoms with van der Waals surface area (Å²) >= 11 is 0. The predicted octanol–water partition coefficient (Wildman–Crippen LogP) is 3.46. The van der Waals surface area contributed by atoms with Crippen molar-refractivity contribution in [1.29, 1.82) is 0 Å². The number of alkyl carbamates (subject to hydrolysis) is 1. The average molecular weight is 511 g/mol. The summed E-state index contributed by atoms with van der Waals surface area (Å²) in [6.45, 7) is 6.27. The molecule has 1 aromatic carbocycles. The molecular weight excluding hydrogens is 472 g/mol. The molecule has 1 saturated carbocycles. The van der Waals surface area contributed by atoms with Crippen molar-refractivity contribution < 1.29 is 19.1 Å². The molecular formula is C28H38N4O5. The molecule has 200 valence electrons. The molecule has 0 aliphatic heterocycles. The van der Waals surface area contributed by atoms with Crippen molar-refractivity contribution in [1.82, 2.24) is 20.5 Å². The van der Waals surface area contributed by atoms with Gasteiger partial charge >= 0.3 is 6.09 Å². The van der Waals surface area contributed by atoms with E-state index in [1.165, 1.54) is 23.9 Å². The Morgan fingerprint density at radius 2 is 1.70 bits per heavy atom. The van der Waals surface area contributed by atoms with Gasteiger partial charge in [0.05, 0.1) is 12.1 Å². The summed E-state index contributed by atoms with van der Waals surface area (Å²) in [7, 11) is 1.45. The number of nitrogens with one attached hydrogen (secondary N) is 3. The number of carbonyl (C=O) groups excluding carboxylic acids is 3. The van der Waals surface area contributed by atoms with Crippen molar-refractivity contribution in [3.05, 3.63) is 69.6 Å². The normalized spacial score (nSPS) is 17.5. The van der Waals surface area contributed by atoms with Crippen LogP contribution in [0, 0.1) is 5.92 Å². The van der Waals surface area contributed by atoms with E-state index < -0.39 is 17.1 Å². The predicted molar refractivity (Wildman–Crippen MR) is 142 cm³/mol. The number of nitrogens with zero attached hydrogens (tertiary/aromatic N) is 1. The lowest BCUT2D eigenvalue weighted by atomic mass is 9.84. The molecule has 9 nitrogen and oxygen atoms in total. The van der Waals surface area contributed by atoms with Gasteiger partial charge in [-0.2, -0.15) is 0 Å². The van der Waals surface area contributed by atoms with Gasteiger partial charge in [0.1, 0.15) is 11.2 Å². The second-order valence-corrected chi connectivity index (χ2v) is 10.5. The molecule has 37 heavy (non-hydrogen) atoms. The molecule has 0 atom stereocenters. The lowest BCUT2D eigenvalue weighted by molar-refractivity contribution is 0.0486. The zero-order valence-corrected chi connectivity index (χ0v) is 22.1. The topological polar surface area (TPSA) is 119 Å². The van der Waals surface area contributed by atoms with Crippen molar-refractivity contribution in [3.8, 4) is 0 Å². The molecule has 1 fully saturated rings. The van der Waals surface area contributed by atoms with E-state index in [0.29, 0.717) is 12.5 Å². The third-order valence-corrected chi connectivity index (χ3v) is 6.42. The second-order valence-electron chi connectivity index (χ2n) is 10.5. The fourth-order valence-corrected chi connectivity index (χ4v) is 4.52. The van der Waals surface area contributed by atoms with Gasteiger partial charge in [0.2, 0.25) is 0 Å². The van der Waals surface area contributed by atoms with Gasteiger partial charge in [0, 0.05) is 25.8 Å². The van der Waals surface area contributed by atoms with Crippen molar-refractivity contribution in [3.63, 3.8) is 0 Å². The van der Waals surface area contributed by atoms with E-state index in [1.54, 1.807) is 0 Å². The van der Waals surface area contributed by atoms with Crippen molar-refractivity contribution in [2.45, 2.75) is 71.1 Å². The first kappa shape index (κ1) is 28.0. The summed E-state index contributed by atoms with van der Waals surface area (Å²) in [5.41, 5.74) is 0.120. The van der Waals surface area contributed by atoms with Crippen LogP contribution in [-0.4, -0.2) is 47.7 Å². The minimum Gasteiger partial charge on any atom is -0.444 e. The highest BCUT2D eigenvalue weighted by Gasteiger charge is 2.25. The van der Waals surface area contributed by atoms with Crippen LogP contribution in [0.3, 0.4) is 0 Å². The average Bonchev–Trinajstić information content (AvgIpc) is 2.85. The van der Waals surface area contributed by atoms with Crippen LogP contribution in [-0.2, 0) is 11.3 Å². The highest BCUT2D eigenvalue weighted by Crippen LogP contribution is 2.26. The molecule has 3 N–H and O–H groups in total. The van der Waals surface area contributed by atoms with Gasteiger partial charge in [-0.05, 0) is 70.4 Å². The zero-order valence-electron chi connectivity index (χ0n) is 22.1. The molecule has 0 bridgehead atoms. The highest BCUT2D eigenvalue weighted by molar-refractivity contribution is 5.99. The van der Waals surface area contributed by atoms with Crippen LogP contribution in [0.1, 0.15) is 79.2 Å². The summed E-state index contributed by atoms with van der Waals surface area (Å²) in [5, 5.41) is 8.35. The minimum atomic E-state index is -0.529. The molecule has 3 amide bonds. The number of benzene rings is 1. The molecule has 1 aromatic heterocycles. The van der Waals surface area contributed by atoms with Crippen molar-refractivity contribution in [2.75, 3.05) is 13.6 Å². The van der Waals surface area contributed by atoms with E-state index in [0.717, 1.165) is 37.7 Å². The van der Waals surface area contributed by atoms with E-state index >= 15 is 0 Å². The summed E-state index contributed by atoms with van der Waals surface area (Å²) in [4.78, 5) is 50.1. The monoisotopic (exact) mass is 510 g/mol. The molecule has 3 rings (SSSR count). The summed E-state index contributed by atoms with van der Waals surface area (Å²) in [6.07, 6.45) is 5.60. The zero-order chi connectivity index (χ0) is 27.0. The van der Waals surface area contributed by atoms with Gasteiger partial charge in [0.25, 0.3) is 17.4 Å². The minimum absolute atomic E-state index is 0.0677. The lowest BCUT2D eigenvalue weighted by Crippen LogP contribution is -2.41. The smallest absolute Gasteiger partial charge is 0.407 e. The summed E-state index contributed by atoms with van der Waals surface area (Å²) < 4.78 is 6.73. The maximum Gasteiger partial charge on any atom is 0.407 e. The van der Waals surface area contributed by atoms with Crippen LogP contribution in [0.15, 0.2) is 47.4 Å². The van der Waals surface area contributed by atoms with Crippen LogP contribution in [0.2, 0.25) is 0 Å².